The molecule has 4 rings (SSSR count). The summed E-state index contributed by atoms with van der Waals surface area (Å²) in [6.45, 7) is 15.2. The van der Waals surface area contributed by atoms with E-state index in [0.717, 1.165) is 0 Å². The Labute approximate surface area is 209 Å². The molecule has 31 heavy (non-hydrogen) atoms. The predicted molar refractivity (Wildman–Crippen MR) is 129 cm³/mol. The van der Waals surface area contributed by atoms with E-state index in [4.69, 9.17) is 0 Å². The summed E-state index contributed by atoms with van der Waals surface area (Å²) in [5, 5.41) is 3.19. The summed E-state index contributed by atoms with van der Waals surface area (Å²) < 4.78 is 5.51. The summed E-state index contributed by atoms with van der Waals surface area (Å²) in [4.78, 5) is 0. The molecular weight excluding hydrogens is 589 g/mol. The van der Waals surface area contributed by atoms with Gasteiger partial charge in [-0.15, -0.1) is 10.4 Å². The van der Waals surface area contributed by atoms with Crippen molar-refractivity contribution < 1.29 is 35.3 Å². The Morgan fingerprint density at radius 3 is 1.03 bits per heavy atom. The van der Waals surface area contributed by atoms with E-state index < -0.39 is 16.5 Å². The Bertz CT molecular complexity index is 618. The van der Waals surface area contributed by atoms with Crippen molar-refractivity contribution in [1.29, 1.82) is 0 Å². The molecule has 2 aliphatic rings. The molecule has 0 radical (unpaired) electrons. The second kappa shape index (κ2) is 14.1. The van der Waals surface area contributed by atoms with Gasteiger partial charge in [0.2, 0.25) is 0 Å². The fraction of sp³-hybridized carbons (Fsp3) is 0.583. The monoisotopic (exact) mass is 630 g/mol. The zero-order chi connectivity index (χ0) is 20.0. The first-order valence-corrected chi connectivity index (χ1v) is 17.3. The number of nitrogens with zero attached hydrogens (tertiary/aromatic N) is 2. The first kappa shape index (κ1) is 30.8. The summed E-state index contributed by atoms with van der Waals surface area (Å²) in [5.41, 5.74) is 0. The molecule has 7 heteroatoms. The van der Waals surface area contributed by atoms with Crippen molar-refractivity contribution in [3.63, 3.8) is 0 Å². The first-order chi connectivity index (χ1) is 13.4. The molecule has 2 saturated heterocycles. The maximum atomic E-state index is 2.76. The smallest absolute Gasteiger partial charge is 1.00 e. The van der Waals surface area contributed by atoms with Gasteiger partial charge in [-0.05, 0) is 51.9 Å². The van der Waals surface area contributed by atoms with Crippen molar-refractivity contribution in [2.75, 3.05) is 26.2 Å². The predicted octanol–water partition coefficient (Wildman–Crippen LogP) is -1.39. The van der Waals surface area contributed by atoms with Gasteiger partial charge in [-0.25, -0.2) is 24.3 Å². The van der Waals surface area contributed by atoms with Gasteiger partial charge in [0, 0.05) is 0 Å². The third-order valence-corrected chi connectivity index (χ3v) is 14.6. The van der Waals surface area contributed by atoms with Crippen molar-refractivity contribution >= 4 is 26.8 Å². The molecule has 2 heterocycles. The Kier molecular flexibility index (Phi) is 14.0. The van der Waals surface area contributed by atoms with Gasteiger partial charge in [0.25, 0.3) is 0 Å². The molecular formula is C24H40F2HfN2Si2. The van der Waals surface area contributed by atoms with Gasteiger partial charge in [-0.1, -0.05) is 39.0 Å². The van der Waals surface area contributed by atoms with Crippen molar-refractivity contribution in [3.05, 3.63) is 48.5 Å². The van der Waals surface area contributed by atoms with Crippen LogP contribution in [0.5, 0.6) is 0 Å². The summed E-state index contributed by atoms with van der Waals surface area (Å²) in [6.07, 6.45) is 8.46. The van der Waals surface area contributed by atoms with Crippen molar-refractivity contribution in [2.45, 2.75) is 64.7 Å². The van der Waals surface area contributed by atoms with Gasteiger partial charge in [0.15, 0.2) is 0 Å². The minimum atomic E-state index is -1.29. The fourth-order valence-electron chi connectivity index (χ4n) is 4.83. The van der Waals surface area contributed by atoms with Crippen LogP contribution in [0.3, 0.4) is 0 Å². The van der Waals surface area contributed by atoms with E-state index in [1.807, 2.05) is 0 Å². The molecule has 0 amide bonds. The van der Waals surface area contributed by atoms with Crippen molar-refractivity contribution in [3.8, 4) is 0 Å². The molecule has 2 fully saturated rings. The first-order valence-electron chi connectivity index (χ1n) is 11.4. The van der Waals surface area contributed by atoms with Crippen molar-refractivity contribution in [2.24, 2.45) is 0 Å². The van der Waals surface area contributed by atoms with E-state index in [2.05, 4.69) is 83.8 Å². The maximum Gasteiger partial charge on any atom is 4.00 e. The van der Waals surface area contributed by atoms with Crippen molar-refractivity contribution in [1.82, 2.24) is 9.13 Å². The zero-order valence-electron chi connectivity index (χ0n) is 19.8. The van der Waals surface area contributed by atoms with Crippen LogP contribution in [0, 0.1) is 0 Å². The van der Waals surface area contributed by atoms with Crippen LogP contribution in [0.4, 0.5) is 0 Å². The Morgan fingerprint density at radius 2 is 0.774 bits per heavy atom. The van der Waals surface area contributed by atoms with E-state index in [0.29, 0.717) is 0 Å². The second-order valence-corrected chi connectivity index (χ2v) is 18.2. The summed E-state index contributed by atoms with van der Waals surface area (Å²) in [6, 6.07) is 17.9. The molecule has 0 spiro atoms. The van der Waals surface area contributed by atoms with E-state index >= 15 is 0 Å². The van der Waals surface area contributed by atoms with Crippen LogP contribution in [0.1, 0.15) is 38.5 Å². The average molecular weight is 629 g/mol. The largest absolute Gasteiger partial charge is 4.00 e. The fourth-order valence-corrected chi connectivity index (χ4v) is 10.4. The van der Waals surface area contributed by atoms with Gasteiger partial charge in [0.1, 0.15) is 0 Å². The normalized spacial score (nSPS) is 17.9. The molecule has 0 aliphatic carbocycles. The van der Waals surface area contributed by atoms with Crippen LogP contribution in [0.15, 0.2) is 48.5 Å². The Hall–Kier alpha value is -0.216. The number of hydrogen-bond donors (Lipinski definition) is 0. The van der Waals surface area contributed by atoms with Crippen LogP contribution < -0.4 is 19.8 Å². The third kappa shape index (κ3) is 7.95. The van der Waals surface area contributed by atoms with Crippen LogP contribution in [0.25, 0.3) is 0 Å². The molecule has 0 atom stereocenters. The number of piperidine rings is 2. The van der Waals surface area contributed by atoms with Crippen LogP contribution in [0.2, 0.25) is 26.2 Å². The van der Waals surface area contributed by atoms with Gasteiger partial charge in [-0.2, -0.15) is 24.3 Å². The zero-order valence-corrected chi connectivity index (χ0v) is 25.4. The topological polar surface area (TPSA) is 6.48 Å². The third-order valence-electron chi connectivity index (χ3n) is 7.03. The molecule has 0 unspecified atom stereocenters. The van der Waals surface area contributed by atoms with Crippen LogP contribution in [-0.4, -0.2) is 51.8 Å². The minimum absolute atomic E-state index is 0. The van der Waals surface area contributed by atoms with Gasteiger partial charge in [-0.3, -0.25) is 0 Å². The summed E-state index contributed by atoms with van der Waals surface area (Å²) >= 11 is 0. The number of hydrogen-bond acceptors (Lipinski definition) is 2. The number of rotatable bonds is 4. The SMILES string of the molecule is C[Si](C)([c-]1cccc1)N1CCCCC1.C[Si](C)([c-]1cccc1)N1CCCCC1.[F-].[F-].[Hf+4]. The second-order valence-electron chi connectivity index (χ2n) is 9.56. The Morgan fingerprint density at radius 1 is 0.516 bits per heavy atom. The van der Waals surface area contributed by atoms with E-state index in [9.17, 15) is 0 Å². The molecule has 172 valence electrons. The van der Waals surface area contributed by atoms with Crippen LogP contribution >= 0.6 is 0 Å². The minimum Gasteiger partial charge on any atom is -1.00 e. The average Bonchev–Trinajstić information content (AvgIpc) is 3.44. The quantitative estimate of drug-likeness (QED) is 0.304. The van der Waals surface area contributed by atoms with E-state index in [-0.39, 0.29) is 35.3 Å². The molecule has 2 nitrogen and oxygen atoms in total. The van der Waals surface area contributed by atoms with Gasteiger partial charge in [0.05, 0.1) is 16.5 Å². The molecule has 0 aromatic heterocycles. The molecule has 0 bridgehead atoms. The van der Waals surface area contributed by atoms with Gasteiger partial charge >= 0.3 is 25.8 Å². The molecule has 0 N–H and O–H groups in total. The number of halogens is 2. The summed E-state index contributed by atoms with van der Waals surface area (Å²) in [5.74, 6) is 0. The van der Waals surface area contributed by atoms with E-state index in [1.165, 1.54) is 64.7 Å². The standard InChI is InChI=1S/2C12H20NSi.2FH.Hf/c2*1-14(2,12-8-4-5-9-12)13-10-6-3-7-11-13;;;/h2*4-5,8-9H,3,6-7,10-11H2,1-2H3;2*1H;/q2*-1;;;+4/p-2. The Balaban J connectivity index is 0.000000529. The molecule has 0 saturated carbocycles. The molecule has 2 aliphatic heterocycles. The van der Waals surface area contributed by atoms with Crippen LogP contribution in [-0.2, 0) is 25.8 Å². The summed E-state index contributed by atoms with van der Waals surface area (Å²) in [7, 11) is -2.59. The molecule has 2 aromatic rings. The molecule has 2 aromatic carbocycles. The maximum absolute atomic E-state index is 2.76. The van der Waals surface area contributed by atoms with Gasteiger partial charge < -0.3 is 18.5 Å². The van der Waals surface area contributed by atoms with E-state index in [1.54, 1.807) is 10.4 Å².